The molecule has 0 unspecified atom stereocenters. The number of nitrogens with zero attached hydrogens (tertiary/aromatic N) is 4. The van der Waals surface area contributed by atoms with Crippen molar-refractivity contribution in [1.82, 2.24) is 24.7 Å². The molecule has 0 aliphatic heterocycles. The van der Waals surface area contributed by atoms with E-state index in [4.69, 9.17) is 5.26 Å². The van der Waals surface area contributed by atoms with Crippen molar-refractivity contribution in [1.29, 1.82) is 5.26 Å². The van der Waals surface area contributed by atoms with E-state index >= 15 is 0 Å². The quantitative estimate of drug-likeness (QED) is 0.541. The minimum atomic E-state index is -0.853. The fourth-order valence-electron chi connectivity index (χ4n) is 2.87. The third-order valence-corrected chi connectivity index (χ3v) is 4.18. The van der Waals surface area contributed by atoms with E-state index in [1.807, 2.05) is 6.07 Å². The number of benzene rings is 2. The van der Waals surface area contributed by atoms with Gasteiger partial charge >= 0.3 is 5.69 Å². The van der Waals surface area contributed by atoms with Crippen molar-refractivity contribution in [2.75, 3.05) is 0 Å². The molecule has 2 aromatic carbocycles. The summed E-state index contributed by atoms with van der Waals surface area (Å²) in [5.74, 6) is 0. The summed E-state index contributed by atoms with van der Waals surface area (Å²) in [6.07, 6.45) is 0.130. The molecule has 0 aliphatic carbocycles. The van der Waals surface area contributed by atoms with Crippen LogP contribution in [0.25, 0.3) is 16.7 Å². The molecule has 2 N–H and O–H groups in total. The number of rotatable bonds is 3. The second-order valence-electron chi connectivity index (χ2n) is 5.97. The fraction of sp³-hybridized carbons (Fsp3) is 0.0526. The van der Waals surface area contributed by atoms with E-state index in [0.717, 1.165) is 4.68 Å². The van der Waals surface area contributed by atoms with E-state index in [0.29, 0.717) is 22.3 Å². The first-order valence-electron chi connectivity index (χ1n) is 8.27. The molecule has 4 aromatic rings. The molecule has 9 heteroatoms. The van der Waals surface area contributed by atoms with E-state index in [9.17, 15) is 14.4 Å². The first-order valence-corrected chi connectivity index (χ1v) is 8.27. The van der Waals surface area contributed by atoms with Gasteiger partial charge in [-0.25, -0.2) is 9.78 Å². The van der Waals surface area contributed by atoms with Crippen molar-refractivity contribution < 1.29 is 0 Å². The van der Waals surface area contributed by atoms with Crippen LogP contribution < -0.4 is 16.8 Å². The Morgan fingerprint density at radius 1 is 0.964 bits per heavy atom. The van der Waals surface area contributed by atoms with E-state index in [-0.39, 0.29) is 17.7 Å². The molecule has 28 heavy (non-hydrogen) atoms. The summed E-state index contributed by atoms with van der Waals surface area (Å²) in [5, 5.41) is 12.8. The van der Waals surface area contributed by atoms with Gasteiger partial charge in [-0.3, -0.25) is 14.6 Å². The van der Waals surface area contributed by atoms with Gasteiger partial charge < -0.3 is 4.98 Å². The zero-order chi connectivity index (χ0) is 19.7. The highest BCUT2D eigenvalue weighted by molar-refractivity contribution is 5.73. The summed E-state index contributed by atoms with van der Waals surface area (Å²) < 4.78 is 0.935. The standard InChI is InChI=1S/C19H12N6O3/c20-10-15-18(27)23-19(28)25(24-15)16-8-4-1-5-11(16)9-14-17(26)22-13-7-3-2-6-12(13)21-14/h1-8H,9H2,(H,22,26)(H,23,27,28). The van der Waals surface area contributed by atoms with Gasteiger partial charge in [0.1, 0.15) is 11.8 Å². The molecule has 2 heterocycles. The second kappa shape index (κ2) is 6.77. The van der Waals surface area contributed by atoms with Gasteiger partial charge in [-0.2, -0.15) is 9.94 Å². The molecule has 0 atom stereocenters. The number of para-hydroxylation sites is 3. The first kappa shape index (κ1) is 17.1. The summed E-state index contributed by atoms with van der Waals surface area (Å²) in [4.78, 5) is 45.5. The predicted molar refractivity (Wildman–Crippen MR) is 100 cm³/mol. The molecule has 0 radical (unpaired) electrons. The van der Waals surface area contributed by atoms with Crippen LogP contribution in [0.4, 0.5) is 0 Å². The van der Waals surface area contributed by atoms with Crippen LogP contribution in [0.1, 0.15) is 17.0 Å². The Labute approximate surface area is 156 Å². The van der Waals surface area contributed by atoms with Crippen molar-refractivity contribution in [3.63, 3.8) is 0 Å². The molecule has 0 spiro atoms. The van der Waals surface area contributed by atoms with Crippen LogP contribution >= 0.6 is 0 Å². The van der Waals surface area contributed by atoms with Crippen LogP contribution in [-0.2, 0) is 6.42 Å². The van der Waals surface area contributed by atoms with Crippen LogP contribution in [0.3, 0.4) is 0 Å². The predicted octanol–water partition coefficient (Wildman–Crippen LogP) is 0.620. The molecule has 136 valence electrons. The molecule has 4 rings (SSSR count). The molecule has 9 nitrogen and oxygen atoms in total. The number of nitrogens with one attached hydrogen (secondary N) is 2. The Kier molecular flexibility index (Phi) is 4.14. The molecule has 2 aromatic heterocycles. The van der Waals surface area contributed by atoms with E-state index in [1.54, 1.807) is 48.5 Å². The van der Waals surface area contributed by atoms with Gasteiger partial charge in [-0.05, 0) is 23.8 Å². The third kappa shape index (κ3) is 2.99. The van der Waals surface area contributed by atoms with Gasteiger partial charge in [0.15, 0.2) is 0 Å². The first-order chi connectivity index (χ1) is 13.6. The van der Waals surface area contributed by atoms with Crippen LogP contribution in [0.15, 0.2) is 62.9 Å². The number of nitriles is 1. The lowest BCUT2D eigenvalue weighted by atomic mass is 10.1. The zero-order valence-electron chi connectivity index (χ0n) is 14.3. The Hall–Kier alpha value is -4.32. The lowest BCUT2D eigenvalue weighted by Crippen LogP contribution is -2.33. The smallest absolute Gasteiger partial charge is 0.319 e. The van der Waals surface area contributed by atoms with Gasteiger partial charge in [0.2, 0.25) is 5.69 Å². The highest BCUT2D eigenvalue weighted by atomic mass is 16.2. The molecule has 0 saturated carbocycles. The highest BCUT2D eigenvalue weighted by Crippen LogP contribution is 2.15. The van der Waals surface area contributed by atoms with Gasteiger partial charge in [-0.15, -0.1) is 5.10 Å². The fourth-order valence-corrected chi connectivity index (χ4v) is 2.87. The Bertz CT molecular complexity index is 1420. The van der Waals surface area contributed by atoms with Gasteiger partial charge in [0.05, 0.1) is 16.7 Å². The van der Waals surface area contributed by atoms with Crippen molar-refractivity contribution >= 4 is 11.0 Å². The Balaban J connectivity index is 1.86. The van der Waals surface area contributed by atoms with Gasteiger partial charge in [-0.1, -0.05) is 30.3 Å². The molecular formula is C19H12N6O3. The van der Waals surface area contributed by atoms with E-state index in [2.05, 4.69) is 20.1 Å². The van der Waals surface area contributed by atoms with E-state index in [1.165, 1.54) is 0 Å². The second-order valence-corrected chi connectivity index (χ2v) is 5.97. The molecule has 0 fully saturated rings. The zero-order valence-corrected chi connectivity index (χ0v) is 14.3. The number of H-pyrrole nitrogens is 2. The van der Waals surface area contributed by atoms with Crippen molar-refractivity contribution in [3.05, 3.63) is 96.7 Å². The van der Waals surface area contributed by atoms with Crippen LogP contribution in [0, 0.1) is 11.3 Å². The number of aromatic nitrogens is 5. The van der Waals surface area contributed by atoms with Crippen LogP contribution in [0.2, 0.25) is 0 Å². The summed E-state index contributed by atoms with van der Waals surface area (Å²) in [6.45, 7) is 0. The van der Waals surface area contributed by atoms with Crippen LogP contribution in [0.5, 0.6) is 0 Å². The lowest BCUT2D eigenvalue weighted by Gasteiger charge is -2.10. The molecule has 0 bridgehead atoms. The maximum atomic E-state index is 12.4. The minimum absolute atomic E-state index is 0.130. The number of fused-ring (bicyclic) bond motifs is 1. The average Bonchev–Trinajstić information content (AvgIpc) is 2.69. The number of hydrogen-bond donors (Lipinski definition) is 2. The van der Waals surface area contributed by atoms with Crippen molar-refractivity contribution in [2.24, 2.45) is 0 Å². The molecule has 0 saturated heterocycles. The Morgan fingerprint density at radius 3 is 2.54 bits per heavy atom. The topological polar surface area (TPSA) is 137 Å². The van der Waals surface area contributed by atoms with E-state index < -0.39 is 16.9 Å². The monoisotopic (exact) mass is 372 g/mol. The maximum Gasteiger partial charge on any atom is 0.349 e. The number of aromatic amines is 2. The van der Waals surface area contributed by atoms with Gasteiger partial charge in [0.25, 0.3) is 11.1 Å². The largest absolute Gasteiger partial charge is 0.349 e. The average molecular weight is 372 g/mol. The summed E-state index contributed by atoms with van der Waals surface area (Å²) in [7, 11) is 0. The summed E-state index contributed by atoms with van der Waals surface area (Å²) in [5.41, 5.74) is 0.0530. The molecule has 0 amide bonds. The maximum absolute atomic E-state index is 12.4. The number of hydrogen-bond acceptors (Lipinski definition) is 6. The van der Waals surface area contributed by atoms with Crippen molar-refractivity contribution in [2.45, 2.75) is 6.42 Å². The van der Waals surface area contributed by atoms with Gasteiger partial charge in [0, 0.05) is 6.42 Å². The lowest BCUT2D eigenvalue weighted by molar-refractivity contribution is 0.733. The summed E-state index contributed by atoms with van der Waals surface area (Å²) in [6, 6.07) is 15.6. The molecular weight excluding hydrogens is 360 g/mol. The van der Waals surface area contributed by atoms with Crippen LogP contribution in [-0.4, -0.2) is 24.7 Å². The SMILES string of the molecule is N#Cc1nn(-c2ccccc2Cc2nc3ccccc3[nH]c2=O)c(=O)[nH]c1=O. The highest BCUT2D eigenvalue weighted by Gasteiger charge is 2.14. The van der Waals surface area contributed by atoms with Crippen molar-refractivity contribution in [3.8, 4) is 11.8 Å². The summed E-state index contributed by atoms with van der Waals surface area (Å²) >= 11 is 0. The molecule has 0 aliphatic rings. The normalized spacial score (nSPS) is 10.7. The Morgan fingerprint density at radius 2 is 1.71 bits per heavy atom. The minimum Gasteiger partial charge on any atom is -0.319 e. The third-order valence-electron chi connectivity index (χ3n) is 4.18.